The molecule has 144 valence electrons. The predicted octanol–water partition coefficient (Wildman–Crippen LogP) is 2.78. The van der Waals surface area contributed by atoms with Crippen LogP contribution in [0.3, 0.4) is 0 Å². The fourth-order valence-corrected chi connectivity index (χ4v) is 3.12. The highest BCUT2D eigenvalue weighted by molar-refractivity contribution is 5.94. The zero-order valence-corrected chi connectivity index (χ0v) is 15.1. The molecular formula is C20H22F2N2O3. The van der Waals surface area contributed by atoms with E-state index in [1.165, 1.54) is 6.07 Å². The third kappa shape index (κ3) is 4.81. The van der Waals surface area contributed by atoms with Gasteiger partial charge in [0.25, 0.3) is 5.91 Å². The zero-order chi connectivity index (χ0) is 19.2. The minimum absolute atomic E-state index is 0.0836. The minimum Gasteiger partial charge on any atom is -0.497 e. The quantitative estimate of drug-likeness (QED) is 0.842. The van der Waals surface area contributed by atoms with E-state index < -0.39 is 17.5 Å². The number of carbonyl (C=O) groups excluding carboxylic acids is 1. The van der Waals surface area contributed by atoms with Gasteiger partial charge in [-0.15, -0.1) is 0 Å². The van der Waals surface area contributed by atoms with Crippen molar-refractivity contribution in [2.45, 2.75) is 6.04 Å². The molecule has 0 radical (unpaired) electrons. The van der Waals surface area contributed by atoms with Crippen LogP contribution in [0.15, 0.2) is 42.5 Å². The van der Waals surface area contributed by atoms with Gasteiger partial charge in [-0.05, 0) is 35.9 Å². The van der Waals surface area contributed by atoms with Crippen LogP contribution in [0.5, 0.6) is 5.75 Å². The van der Waals surface area contributed by atoms with E-state index in [2.05, 4.69) is 10.2 Å². The summed E-state index contributed by atoms with van der Waals surface area (Å²) in [4.78, 5) is 14.6. The summed E-state index contributed by atoms with van der Waals surface area (Å²) < 4.78 is 37.2. The van der Waals surface area contributed by atoms with E-state index in [0.29, 0.717) is 19.8 Å². The Bertz CT molecular complexity index is 795. The Kier molecular flexibility index (Phi) is 6.36. The van der Waals surface area contributed by atoms with Crippen LogP contribution in [0.1, 0.15) is 22.0 Å². The lowest BCUT2D eigenvalue weighted by molar-refractivity contribution is 0.0162. The Labute approximate surface area is 156 Å². The zero-order valence-electron chi connectivity index (χ0n) is 15.1. The van der Waals surface area contributed by atoms with Gasteiger partial charge < -0.3 is 14.8 Å². The molecule has 27 heavy (non-hydrogen) atoms. The Morgan fingerprint density at radius 3 is 2.67 bits per heavy atom. The summed E-state index contributed by atoms with van der Waals surface area (Å²) in [6.45, 7) is 3.05. The van der Waals surface area contributed by atoms with Gasteiger partial charge in [-0.1, -0.05) is 12.1 Å². The van der Waals surface area contributed by atoms with Gasteiger partial charge >= 0.3 is 0 Å². The van der Waals surface area contributed by atoms with Crippen molar-refractivity contribution in [1.82, 2.24) is 10.2 Å². The average Bonchev–Trinajstić information content (AvgIpc) is 2.71. The number of amides is 1. The van der Waals surface area contributed by atoms with Crippen LogP contribution in [-0.2, 0) is 4.74 Å². The standard InChI is InChI=1S/C20H22F2N2O3/c1-26-16-4-2-3-14(11-16)19(24-7-9-27-10-8-24)13-23-20(25)15-5-6-17(21)18(22)12-15/h2-6,11-12,19H,7-10,13H2,1H3,(H,23,25). The van der Waals surface area contributed by atoms with Crippen molar-refractivity contribution in [1.29, 1.82) is 0 Å². The second kappa shape index (κ2) is 8.92. The van der Waals surface area contributed by atoms with Crippen molar-refractivity contribution in [2.24, 2.45) is 0 Å². The first-order valence-corrected chi connectivity index (χ1v) is 8.77. The first kappa shape index (κ1) is 19.3. The molecule has 0 aliphatic carbocycles. The monoisotopic (exact) mass is 376 g/mol. The lowest BCUT2D eigenvalue weighted by Crippen LogP contribution is -2.43. The van der Waals surface area contributed by atoms with Crippen molar-refractivity contribution in [3.8, 4) is 5.75 Å². The molecule has 1 heterocycles. The lowest BCUT2D eigenvalue weighted by Gasteiger charge is -2.35. The van der Waals surface area contributed by atoms with Gasteiger partial charge in [0.15, 0.2) is 11.6 Å². The Balaban J connectivity index is 1.76. The van der Waals surface area contributed by atoms with Crippen LogP contribution in [0.2, 0.25) is 0 Å². The number of ether oxygens (including phenoxy) is 2. The molecule has 7 heteroatoms. The van der Waals surface area contributed by atoms with Crippen LogP contribution >= 0.6 is 0 Å². The SMILES string of the molecule is COc1cccc(C(CNC(=O)c2ccc(F)c(F)c2)N2CCOCC2)c1. The van der Waals surface area contributed by atoms with Crippen LogP contribution in [0.4, 0.5) is 8.78 Å². The number of halogens is 2. The summed E-state index contributed by atoms with van der Waals surface area (Å²) in [6.07, 6.45) is 0. The van der Waals surface area contributed by atoms with E-state index in [4.69, 9.17) is 9.47 Å². The average molecular weight is 376 g/mol. The van der Waals surface area contributed by atoms with E-state index >= 15 is 0 Å². The number of methoxy groups -OCH3 is 1. The molecule has 1 aliphatic heterocycles. The molecule has 5 nitrogen and oxygen atoms in total. The van der Waals surface area contributed by atoms with Crippen LogP contribution in [0.25, 0.3) is 0 Å². The molecule has 0 bridgehead atoms. The number of carbonyl (C=O) groups is 1. The minimum atomic E-state index is -1.04. The summed E-state index contributed by atoms with van der Waals surface area (Å²) >= 11 is 0. The molecule has 2 aromatic rings. The number of morpholine rings is 1. The maximum atomic E-state index is 13.4. The fourth-order valence-electron chi connectivity index (χ4n) is 3.12. The van der Waals surface area contributed by atoms with E-state index in [0.717, 1.165) is 36.5 Å². The molecule has 1 fully saturated rings. The number of benzene rings is 2. The molecule has 1 saturated heterocycles. The first-order chi connectivity index (χ1) is 13.1. The molecule has 1 unspecified atom stereocenters. The van der Waals surface area contributed by atoms with E-state index in [9.17, 15) is 13.6 Å². The summed E-state index contributed by atoms with van der Waals surface area (Å²) in [5, 5.41) is 2.83. The van der Waals surface area contributed by atoms with Crippen molar-refractivity contribution in [2.75, 3.05) is 40.0 Å². The highest BCUT2D eigenvalue weighted by Gasteiger charge is 2.24. The molecule has 3 rings (SSSR count). The van der Waals surface area contributed by atoms with Gasteiger partial charge in [-0.2, -0.15) is 0 Å². The summed E-state index contributed by atoms with van der Waals surface area (Å²) in [7, 11) is 1.60. The number of hydrogen-bond acceptors (Lipinski definition) is 4. The molecule has 1 N–H and O–H groups in total. The van der Waals surface area contributed by atoms with Crippen molar-refractivity contribution < 1.29 is 23.0 Å². The molecule has 0 aromatic heterocycles. The maximum absolute atomic E-state index is 13.4. The highest BCUT2D eigenvalue weighted by Crippen LogP contribution is 2.25. The number of hydrogen-bond donors (Lipinski definition) is 1. The summed E-state index contributed by atoms with van der Waals surface area (Å²) in [5.41, 5.74) is 1.09. The molecule has 0 saturated carbocycles. The van der Waals surface area contributed by atoms with E-state index in [1.54, 1.807) is 7.11 Å². The number of rotatable bonds is 6. The Morgan fingerprint density at radius 2 is 1.96 bits per heavy atom. The van der Waals surface area contributed by atoms with Crippen molar-refractivity contribution in [3.63, 3.8) is 0 Å². The van der Waals surface area contributed by atoms with E-state index in [-0.39, 0.29) is 11.6 Å². The topological polar surface area (TPSA) is 50.8 Å². The second-order valence-electron chi connectivity index (χ2n) is 6.28. The molecule has 1 aliphatic rings. The summed E-state index contributed by atoms with van der Waals surface area (Å²) in [5.74, 6) is -1.73. The normalized spacial score (nSPS) is 16.0. The molecule has 2 aromatic carbocycles. The van der Waals surface area contributed by atoms with Crippen molar-refractivity contribution in [3.05, 3.63) is 65.2 Å². The lowest BCUT2D eigenvalue weighted by atomic mass is 10.0. The van der Waals surface area contributed by atoms with Gasteiger partial charge in [0.1, 0.15) is 5.75 Å². The van der Waals surface area contributed by atoms with Crippen LogP contribution < -0.4 is 10.1 Å². The van der Waals surface area contributed by atoms with Crippen molar-refractivity contribution >= 4 is 5.91 Å². The second-order valence-corrected chi connectivity index (χ2v) is 6.28. The first-order valence-electron chi connectivity index (χ1n) is 8.77. The fraction of sp³-hybridized carbons (Fsp3) is 0.350. The van der Waals surface area contributed by atoms with Gasteiger partial charge in [-0.3, -0.25) is 9.69 Å². The van der Waals surface area contributed by atoms with Crippen LogP contribution in [0, 0.1) is 11.6 Å². The predicted molar refractivity (Wildman–Crippen MR) is 96.8 cm³/mol. The molecule has 1 amide bonds. The third-order valence-corrected chi connectivity index (χ3v) is 4.60. The molecule has 1 atom stereocenters. The smallest absolute Gasteiger partial charge is 0.251 e. The molecule has 0 spiro atoms. The number of nitrogens with one attached hydrogen (secondary N) is 1. The largest absolute Gasteiger partial charge is 0.497 e. The van der Waals surface area contributed by atoms with Gasteiger partial charge in [0, 0.05) is 25.2 Å². The highest BCUT2D eigenvalue weighted by atomic mass is 19.2. The van der Waals surface area contributed by atoms with Gasteiger partial charge in [0.2, 0.25) is 0 Å². The summed E-state index contributed by atoms with van der Waals surface area (Å²) in [6, 6.07) is 10.7. The van der Waals surface area contributed by atoms with Crippen LogP contribution in [-0.4, -0.2) is 50.8 Å². The van der Waals surface area contributed by atoms with E-state index in [1.807, 2.05) is 24.3 Å². The maximum Gasteiger partial charge on any atom is 0.251 e. The Hall–Kier alpha value is -2.51. The number of nitrogens with zero attached hydrogens (tertiary/aromatic N) is 1. The molecular weight excluding hydrogens is 354 g/mol. The van der Waals surface area contributed by atoms with Gasteiger partial charge in [-0.25, -0.2) is 8.78 Å². The third-order valence-electron chi connectivity index (χ3n) is 4.60. The Morgan fingerprint density at radius 1 is 1.19 bits per heavy atom. The van der Waals surface area contributed by atoms with Gasteiger partial charge in [0.05, 0.1) is 26.4 Å².